The van der Waals surface area contributed by atoms with Crippen molar-refractivity contribution < 1.29 is 14.7 Å². The topological polar surface area (TPSA) is 94.6 Å². The SMILES string of the molecule is CN[C@@H](O)C(=O)NCC(=O)N1CCC[C@H]1c1nc(-c2ccc(Cl)c3ccccc23)cs1. The average Bonchev–Trinajstić information content (AvgIpc) is 3.46. The third-order valence-electron chi connectivity index (χ3n) is 5.46. The number of halogens is 1. The van der Waals surface area contributed by atoms with E-state index in [1.807, 2.05) is 41.8 Å². The van der Waals surface area contributed by atoms with Gasteiger partial charge in [-0.25, -0.2) is 4.98 Å². The molecule has 0 radical (unpaired) electrons. The molecule has 4 rings (SSSR count). The highest BCUT2D eigenvalue weighted by atomic mass is 35.5. The number of benzene rings is 2. The van der Waals surface area contributed by atoms with E-state index in [0.717, 1.165) is 39.9 Å². The molecule has 1 aliphatic rings. The molecule has 0 saturated carbocycles. The number of nitrogens with zero attached hydrogens (tertiary/aromatic N) is 2. The molecule has 2 heterocycles. The number of hydrogen-bond acceptors (Lipinski definition) is 6. The molecule has 0 unspecified atom stereocenters. The van der Waals surface area contributed by atoms with Gasteiger partial charge < -0.3 is 15.3 Å². The number of hydrogen-bond donors (Lipinski definition) is 3. The van der Waals surface area contributed by atoms with Crippen molar-refractivity contribution in [1.82, 2.24) is 20.5 Å². The lowest BCUT2D eigenvalue weighted by atomic mass is 10.0. The van der Waals surface area contributed by atoms with Gasteiger partial charge in [0.1, 0.15) is 5.01 Å². The number of aromatic nitrogens is 1. The van der Waals surface area contributed by atoms with Crippen LogP contribution < -0.4 is 10.6 Å². The summed E-state index contributed by atoms with van der Waals surface area (Å²) in [4.78, 5) is 31.0. The maximum absolute atomic E-state index is 12.7. The third-order valence-corrected chi connectivity index (χ3v) is 6.74. The number of carbonyl (C=O) groups is 2. The van der Waals surface area contributed by atoms with Gasteiger partial charge in [-0.05, 0) is 31.3 Å². The Kier molecular flexibility index (Phi) is 6.52. The smallest absolute Gasteiger partial charge is 0.264 e. The number of likely N-dealkylation sites (tertiary alicyclic amines) is 1. The van der Waals surface area contributed by atoms with E-state index in [1.165, 1.54) is 18.4 Å². The van der Waals surface area contributed by atoms with Gasteiger partial charge in [0.25, 0.3) is 5.91 Å². The number of likely N-dealkylation sites (N-methyl/N-ethyl adjacent to an activating group) is 1. The van der Waals surface area contributed by atoms with Gasteiger partial charge in [0.05, 0.1) is 18.3 Å². The number of carbonyl (C=O) groups excluding carboxylic acids is 2. The highest BCUT2D eigenvalue weighted by Gasteiger charge is 2.32. The number of fused-ring (bicyclic) bond motifs is 1. The van der Waals surface area contributed by atoms with Crippen LogP contribution in [0.15, 0.2) is 41.8 Å². The molecule has 0 bridgehead atoms. The number of thiazole rings is 1. The molecule has 2 atom stereocenters. The standard InChI is InChI=1S/C22H23ClN4O3S/c1-24-20(29)21(30)25-11-19(28)27-10-4-7-18(27)22-26-17(12-31-22)15-8-9-16(23)14-6-3-2-5-13(14)15/h2-3,5-6,8-9,12,18,20,24,29H,4,7,10-11H2,1H3,(H,25,30)/t18-,20-/m0/s1. The van der Waals surface area contributed by atoms with Crippen molar-refractivity contribution in [2.75, 3.05) is 20.1 Å². The first kappa shape index (κ1) is 21.7. The summed E-state index contributed by atoms with van der Waals surface area (Å²) < 4.78 is 0. The molecule has 0 spiro atoms. The first-order valence-corrected chi connectivity index (χ1v) is 11.3. The van der Waals surface area contributed by atoms with E-state index in [1.54, 1.807) is 4.90 Å². The molecule has 31 heavy (non-hydrogen) atoms. The molecule has 1 fully saturated rings. The zero-order valence-electron chi connectivity index (χ0n) is 17.0. The summed E-state index contributed by atoms with van der Waals surface area (Å²) in [7, 11) is 1.46. The van der Waals surface area contributed by atoms with Crippen LogP contribution in [0.4, 0.5) is 0 Å². The summed E-state index contributed by atoms with van der Waals surface area (Å²) in [6.45, 7) is 0.459. The van der Waals surface area contributed by atoms with Crippen LogP contribution in [-0.4, -0.2) is 53.2 Å². The van der Waals surface area contributed by atoms with Crippen LogP contribution in [0.3, 0.4) is 0 Å². The van der Waals surface area contributed by atoms with E-state index in [-0.39, 0.29) is 18.5 Å². The zero-order chi connectivity index (χ0) is 22.0. The van der Waals surface area contributed by atoms with Gasteiger partial charge in [0, 0.05) is 27.9 Å². The zero-order valence-corrected chi connectivity index (χ0v) is 18.5. The monoisotopic (exact) mass is 458 g/mol. The summed E-state index contributed by atoms with van der Waals surface area (Å²) in [5, 5.41) is 20.0. The number of aliphatic hydroxyl groups is 1. The Bertz CT molecular complexity index is 1120. The van der Waals surface area contributed by atoms with E-state index in [9.17, 15) is 14.7 Å². The molecule has 3 N–H and O–H groups in total. The minimum absolute atomic E-state index is 0.115. The average molecular weight is 459 g/mol. The van der Waals surface area contributed by atoms with Crippen LogP contribution in [0, 0.1) is 0 Å². The predicted molar refractivity (Wildman–Crippen MR) is 122 cm³/mol. The third kappa shape index (κ3) is 4.43. The Balaban J connectivity index is 1.53. The van der Waals surface area contributed by atoms with E-state index in [0.29, 0.717) is 11.6 Å². The summed E-state index contributed by atoms with van der Waals surface area (Å²) >= 11 is 7.88. The van der Waals surface area contributed by atoms with E-state index in [2.05, 4.69) is 10.6 Å². The summed E-state index contributed by atoms with van der Waals surface area (Å²) in [5.74, 6) is -0.814. The normalized spacial score (nSPS) is 17.1. The molecule has 9 heteroatoms. The van der Waals surface area contributed by atoms with Crippen LogP contribution in [0.2, 0.25) is 5.02 Å². The van der Waals surface area contributed by atoms with E-state index < -0.39 is 12.1 Å². The fourth-order valence-corrected chi connectivity index (χ4v) is 5.06. The van der Waals surface area contributed by atoms with Crippen molar-refractivity contribution in [3.63, 3.8) is 0 Å². The molecule has 7 nitrogen and oxygen atoms in total. The highest BCUT2D eigenvalue weighted by Crippen LogP contribution is 2.38. The fraction of sp³-hybridized carbons (Fsp3) is 0.318. The van der Waals surface area contributed by atoms with E-state index >= 15 is 0 Å². The van der Waals surface area contributed by atoms with Crippen molar-refractivity contribution in [3.8, 4) is 11.3 Å². The van der Waals surface area contributed by atoms with Gasteiger partial charge in [0.2, 0.25) is 5.91 Å². The number of aliphatic hydroxyl groups excluding tert-OH is 1. The van der Waals surface area contributed by atoms with Crippen LogP contribution in [-0.2, 0) is 9.59 Å². The Morgan fingerprint density at radius 1 is 1.29 bits per heavy atom. The minimum atomic E-state index is -1.34. The molecule has 3 aromatic rings. The van der Waals surface area contributed by atoms with Gasteiger partial charge in [-0.1, -0.05) is 41.9 Å². The molecule has 2 aromatic carbocycles. The number of rotatable bonds is 6. The first-order chi connectivity index (χ1) is 15.0. The Labute approximate surface area is 189 Å². The summed E-state index contributed by atoms with van der Waals surface area (Å²) in [5.41, 5.74) is 1.87. The van der Waals surface area contributed by atoms with Gasteiger partial charge in [-0.15, -0.1) is 11.3 Å². The van der Waals surface area contributed by atoms with Gasteiger partial charge in [-0.2, -0.15) is 0 Å². The lowest BCUT2D eigenvalue weighted by Crippen LogP contribution is -2.46. The Morgan fingerprint density at radius 3 is 2.84 bits per heavy atom. The van der Waals surface area contributed by atoms with Crippen LogP contribution >= 0.6 is 22.9 Å². The predicted octanol–water partition coefficient (Wildman–Crippen LogP) is 2.93. The van der Waals surface area contributed by atoms with E-state index in [4.69, 9.17) is 16.6 Å². The van der Waals surface area contributed by atoms with Crippen molar-refractivity contribution in [2.45, 2.75) is 25.1 Å². The second-order valence-corrected chi connectivity index (χ2v) is 8.66. The molecular weight excluding hydrogens is 436 g/mol. The Morgan fingerprint density at radius 2 is 2.06 bits per heavy atom. The second-order valence-electron chi connectivity index (χ2n) is 7.37. The van der Waals surface area contributed by atoms with Gasteiger partial charge in [0.15, 0.2) is 6.23 Å². The van der Waals surface area contributed by atoms with Crippen molar-refractivity contribution in [3.05, 3.63) is 51.8 Å². The first-order valence-electron chi connectivity index (χ1n) is 10.0. The maximum atomic E-state index is 12.7. The molecule has 2 amide bonds. The van der Waals surface area contributed by atoms with Crippen LogP contribution in [0.5, 0.6) is 0 Å². The highest BCUT2D eigenvalue weighted by molar-refractivity contribution is 7.10. The largest absolute Gasteiger partial charge is 0.370 e. The second kappa shape index (κ2) is 9.32. The van der Waals surface area contributed by atoms with Crippen molar-refractivity contribution >= 4 is 45.5 Å². The van der Waals surface area contributed by atoms with Crippen molar-refractivity contribution in [1.29, 1.82) is 0 Å². The maximum Gasteiger partial charge on any atom is 0.264 e. The van der Waals surface area contributed by atoms with Crippen molar-refractivity contribution in [2.24, 2.45) is 0 Å². The Hall–Kier alpha value is -2.52. The molecule has 1 aromatic heterocycles. The van der Waals surface area contributed by atoms with Crippen LogP contribution in [0.25, 0.3) is 22.0 Å². The van der Waals surface area contributed by atoms with Gasteiger partial charge in [-0.3, -0.25) is 14.9 Å². The summed E-state index contributed by atoms with van der Waals surface area (Å²) in [6.07, 6.45) is 0.369. The molecule has 1 saturated heterocycles. The number of nitrogens with one attached hydrogen (secondary N) is 2. The molecular formula is C22H23ClN4O3S. The molecule has 162 valence electrons. The van der Waals surface area contributed by atoms with Gasteiger partial charge >= 0.3 is 0 Å². The lowest BCUT2D eigenvalue weighted by molar-refractivity contribution is -0.136. The fourth-order valence-electron chi connectivity index (χ4n) is 3.86. The molecule has 1 aliphatic heterocycles. The quantitative estimate of drug-likeness (QED) is 0.494. The molecule has 0 aliphatic carbocycles. The van der Waals surface area contributed by atoms with Crippen LogP contribution in [0.1, 0.15) is 23.9 Å². The minimum Gasteiger partial charge on any atom is -0.370 e. The lowest BCUT2D eigenvalue weighted by Gasteiger charge is -2.23. The number of amides is 2. The summed E-state index contributed by atoms with van der Waals surface area (Å²) in [6, 6.07) is 11.7.